The van der Waals surface area contributed by atoms with Gasteiger partial charge in [0.2, 0.25) is 0 Å². The molecule has 1 aliphatic rings. The van der Waals surface area contributed by atoms with Crippen molar-refractivity contribution in [1.29, 1.82) is 0 Å². The van der Waals surface area contributed by atoms with Crippen LogP contribution in [-0.4, -0.2) is 29.3 Å². The van der Waals surface area contributed by atoms with Gasteiger partial charge in [-0.15, -0.1) is 0 Å². The smallest absolute Gasteiger partial charge is 0.187 e. The molecule has 5 heteroatoms. The lowest BCUT2D eigenvalue weighted by Gasteiger charge is -2.28. The Kier molecular flexibility index (Phi) is 2.84. The molecule has 0 aliphatic heterocycles. The van der Waals surface area contributed by atoms with Gasteiger partial charge in [0.15, 0.2) is 5.13 Å². The van der Waals surface area contributed by atoms with Crippen molar-refractivity contribution in [1.82, 2.24) is 4.98 Å². The maximum Gasteiger partial charge on any atom is 0.187 e. The molecule has 0 unspecified atom stereocenters. The van der Waals surface area contributed by atoms with Crippen molar-refractivity contribution in [3.63, 3.8) is 0 Å². The number of nitrogens with two attached hydrogens (primary N) is 1. The third kappa shape index (κ3) is 2.41. The Morgan fingerprint density at radius 3 is 2.80 bits per heavy atom. The number of rotatable bonds is 3. The molecule has 2 rings (SSSR count). The number of hydrogen-bond donors (Lipinski definition) is 2. The third-order valence-corrected chi connectivity index (χ3v) is 3.84. The summed E-state index contributed by atoms with van der Waals surface area (Å²) in [6.45, 7) is 0.653. The van der Waals surface area contributed by atoms with E-state index in [1.54, 1.807) is 6.20 Å². The minimum Gasteiger partial charge on any atom is -0.389 e. The van der Waals surface area contributed by atoms with E-state index in [1.165, 1.54) is 11.3 Å². The van der Waals surface area contributed by atoms with Gasteiger partial charge >= 0.3 is 0 Å². The number of aromatic nitrogens is 1. The summed E-state index contributed by atoms with van der Waals surface area (Å²) in [7, 11) is 1.95. The standard InChI is InChI=1S/C10H17N3OS/c1-13(9-12-6-8(11)15-9)7-10(14)4-2-3-5-10/h6,14H,2-5,7,11H2,1H3. The van der Waals surface area contributed by atoms with Crippen molar-refractivity contribution >= 4 is 21.5 Å². The molecule has 0 bridgehead atoms. The molecule has 1 aromatic rings. The molecule has 4 nitrogen and oxygen atoms in total. The van der Waals surface area contributed by atoms with Crippen LogP contribution < -0.4 is 10.6 Å². The largest absolute Gasteiger partial charge is 0.389 e. The summed E-state index contributed by atoms with van der Waals surface area (Å²) in [5.41, 5.74) is 5.11. The molecule has 0 amide bonds. The summed E-state index contributed by atoms with van der Waals surface area (Å²) >= 11 is 1.46. The van der Waals surface area contributed by atoms with Crippen LogP contribution in [0, 0.1) is 0 Å². The van der Waals surface area contributed by atoms with Gasteiger partial charge in [-0.2, -0.15) is 0 Å². The zero-order valence-electron chi connectivity index (χ0n) is 8.94. The Hall–Kier alpha value is -0.810. The molecular weight excluding hydrogens is 210 g/mol. The predicted molar refractivity (Wildman–Crippen MR) is 63.2 cm³/mol. The van der Waals surface area contributed by atoms with Crippen molar-refractivity contribution in [2.24, 2.45) is 0 Å². The second-order valence-electron chi connectivity index (χ2n) is 4.33. The molecule has 15 heavy (non-hydrogen) atoms. The summed E-state index contributed by atoms with van der Waals surface area (Å²) in [4.78, 5) is 6.19. The number of anilines is 2. The lowest BCUT2D eigenvalue weighted by Crippen LogP contribution is -2.39. The Bertz CT molecular complexity index is 333. The van der Waals surface area contributed by atoms with Crippen molar-refractivity contribution in [2.75, 3.05) is 24.2 Å². The SMILES string of the molecule is CN(CC1(O)CCCC1)c1ncc(N)s1. The van der Waals surface area contributed by atoms with Gasteiger partial charge in [0.1, 0.15) is 5.00 Å². The first kappa shape index (κ1) is 10.7. The van der Waals surface area contributed by atoms with E-state index < -0.39 is 5.60 Å². The van der Waals surface area contributed by atoms with E-state index in [1.807, 2.05) is 11.9 Å². The van der Waals surface area contributed by atoms with Gasteiger partial charge in [0.25, 0.3) is 0 Å². The van der Waals surface area contributed by atoms with E-state index in [0.29, 0.717) is 6.54 Å². The van der Waals surface area contributed by atoms with E-state index in [9.17, 15) is 5.11 Å². The Balaban J connectivity index is 2.00. The lowest BCUT2D eigenvalue weighted by atomic mass is 10.0. The van der Waals surface area contributed by atoms with Gasteiger partial charge in [-0.3, -0.25) is 0 Å². The molecule has 0 radical (unpaired) electrons. The molecule has 84 valence electrons. The average molecular weight is 227 g/mol. The molecule has 0 atom stereocenters. The maximum absolute atomic E-state index is 10.2. The minimum absolute atomic E-state index is 0.519. The van der Waals surface area contributed by atoms with Crippen LogP contribution in [0.15, 0.2) is 6.20 Å². The van der Waals surface area contributed by atoms with Crippen LogP contribution >= 0.6 is 11.3 Å². The van der Waals surface area contributed by atoms with Crippen LogP contribution in [0.5, 0.6) is 0 Å². The van der Waals surface area contributed by atoms with Gasteiger partial charge in [0, 0.05) is 13.6 Å². The highest BCUT2D eigenvalue weighted by atomic mass is 32.1. The first-order chi connectivity index (χ1) is 7.09. The van der Waals surface area contributed by atoms with E-state index in [4.69, 9.17) is 5.73 Å². The molecule has 0 spiro atoms. The van der Waals surface area contributed by atoms with Crippen molar-refractivity contribution in [3.05, 3.63) is 6.20 Å². The van der Waals surface area contributed by atoms with Crippen LogP contribution in [0.25, 0.3) is 0 Å². The molecular formula is C10H17N3OS. The van der Waals surface area contributed by atoms with Crippen LogP contribution in [0.1, 0.15) is 25.7 Å². The van der Waals surface area contributed by atoms with E-state index in [2.05, 4.69) is 4.98 Å². The monoisotopic (exact) mass is 227 g/mol. The molecule has 0 saturated heterocycles. The van der Waals surface area contributed by atoms with E-state index in [0.717, 1.165) is 35.8 Å². The molecule has 1 saturated carbocycles. The van der Waals surface area contributed by atoms with Gasteiger partial charge in [-0.1, -0.05) is 24.2 Å². The number of aliphatic hydroxyl groups is 1. The van der Waals surface area contributed by atoms with Gasteiger partial charge in [-0.25, -0.2) is 4.98 Å². The van der Waals surface area contributed by atoms with E-state index >= 15 is 0 Å². The van der Waals surface area contributed by atoms with Crippen LogP contribution in [0.3, 0.4) is 0 Å². The minimum atomic E-state index is -0.519. The summed E-state index contributed by atoms with van der Waals surface area (Å²) < 4.78 is 0. The third-order valence-electron chi connectivity index (χ3n) is 2.90. The molecule has 0 aromatic carbocycles. The van der Waals surface area contributed by atoms with Crippen LogP contribution in [-0.2, 0) is 0 Å². The fraction of sp³-hybridized carbons (Fsp3) is 0.700. The molecule has 3 N–H and O–H groups in total. The van der Waals surface area contributed by atoms with Crippen molar-refractivity contribution in [3.8, 4) is 0 Å². The molecule has 1 heterocycles. The fourth-order valence-corrected chi connectivity index (χ4v) is 2.80. The molecule has 1 aliphatic carbocycles. The first-order valence-electron chi connectivity index (χ1n) is 5.24. The fourth-order valence-electron chi connectivity index (χ4n) is 2.15. The highest BCUT2D eigenvalue weighted by Crippen LogP contribution is 2.32. The highest BCUT2D eigenvalue weighted by molar-refractivity contribution is 7.19. The number of thiazole rings is 1. The van der Waals surface area contributed by atoms with Crippen molar-refractivity contribution in [2.45, 2.75) is 31.3 Å². The zero-order chi connectivity index (χ0) is 10.9. The summed E-state index contributed by atoms with van der Waals surface area (Å²) in [5, 5.41) is 11.8. The summed E-state index contributed by atoms with van der Waals surface area (Å²) in [6, 6.07) is 0. The second-order valence-corrected chi connectivity index (χ2v) is 5.37. The lowest BCUT2D eigenvalue weighted by molar-refractivity contribution is 0.0559. The number of hydrogen-bond acceptors (Lipinski definition) is 5. The molecule has 1 fully saturated rings. The number of likely N-dealkylation sites (N-methyl/N-ethyl adjacent to an activating group) is 1. The zero-order valence-corrected chi connectivity index (χ0v) is 9.76. The first-order valence-corrected chi connectivity index (χ1v) is 6.06. The van der Waals surface area contributed by atoms with Crippen molar-refractivity contribution < 1.29 is 5.11 Å². The Morgan fingerprint density at radius 2 is 2.27 bits per heavy atom. The quantitative estimate of drug-likeness (QED) is 0.820. The Morgan fingerprint density at radius 1 is 1.60 bits per heavy atom. The van der Waals surface area contributed by atoms with E-state index in [-0.39, 0.29) is 0 Å². The highest BCUT2D eigenvalue weighted by Gasteiger charge is 2.32. The normalized spacial score (nSPS) is 19.3. The van der Waals surface area contributed by atoms with Gasteiger partial charge in [0.05, 0.1) is 11.8 Å². The molecule has 1 aromatic heterocycles. The maximum atomic E-state index is 10.2. The predicted octanol–water partition coefficient (Wildman–Crippen LogP) is 1.47. The topological polar surface area (TPSA) is 62.4 Å². The van der Waals surface area contributed by atoms with Crippen LogP contribution in [0.4, 0.5) is 10.1 Å². The van der Waals surface area contributed by atoms with Gasteiger partial charge in [-0.05, 0) is 12.8 Å². The van der Waals surface area contributed by atoms with Crippen LogP contribution in [0.2, 0.25) is 0 Å². The second kappa shape index (κ2) is 3.98. The Labute approximate surface area is 93.7 Å². The van der Waals surface area contributed by atoms with Gasteiger partial charge < -0.3 is 15.7 Å². The average Bonchev–Trinajstić information content (AvgIpc) is 2.75. The number of nitrogen functional groups attached to an aromatic ring is 1. The number of nitrogens with zero attached hydrogens (tertiary/aromatic N) is 2. The summed E-state index contributed by atoms with van der Waals surface area (Å²) in [5.74, 6) is 0. The summed E-state index contributed by atoms with van der Waals surface area (Å²) in [6.07, 6.45) is 5.72.